The summed E-state index contributed by atoms with van der Waals surface area (Å²) in [6, 6.07) is 19.6. The lowest BCUT2D eigenvalue weighted by Crippen LogP contribution is -2.48. The minimum absolute atomic E-state index is 0.0757. The largest absolute Gasteiger partial charge is 0.337 e. The van der Waals surface area contributed by atoms with Crippen LogP contribution in [-0.4, -0.2) is 23.2 Å². The van der Waals surface area contributed by atoms with Crippen LogP contribution < -0.4 is 11.1 Å². The molecule has 24 heavy (non-hydrogen) atoms. The van der Waals surface area contributed by atoms with Crippen LogP contribution in [0.5, 0.6) is 0 Å². The highest BCUT2D eigenvalue weighted by molar-refractivity contribution is 5.81. The normalized spacial score (nSPS) is 22.2. The Labute approximate surface area is 142 Å². The van der Waals surface area contributed by atoms with Crippen molar-refractivity contribution < 1.29 is 9.63 Å². The van der Waals surface area contributed by atoms with E-state index in [1.807, 2.05) is 65.7 Å². The topological polar surface area (TPSA) is 67.6 Å². The van der Waals surface area contributed by atoms with Crippen molar-refractivity contribution in [2.24, 2.45) is 5.73 Å². The predicted molar refractivity (Wildman–Crippen MR) is 92.5 cm³/mol. The van der Waals surface area contributed by atoms with Gasteiger partial charge in [-0.05, 0) is 18.1 Å². The molecule has 1 heterocycles. The summed E-state index contributed by atoms with van der Waals surface area (Å²) >= 11 is 0. The molecule has 1 amide bonds. The maximum Gasteiger partial charge on any atom is 0.237 e. The number of rotatable bonds is 5. The van der Waals surface area contributed by atoms with Crippen molar-refractivity contribution in [2.75, 3.05) is 0 Å². The van der Waals surface area contributed by atoms with Gasteiger partial charge in [-0.2, -0.15) is 5.06 Å². The van der Waals surface area contributed by atoms with Gasteiger partial charge < -0.3 is 11.1 Å². The van der Waals surface area contributed by atoms with E-state index in [4.69, 9.17) is 10.6 Å². The van der Waals surface area contributed by atoms with Gasteiger partial charge >= 0.3 is 0 Å². The summed E-state index contributed by atoms with van der Waals surface area (Å²) < 4.78 is 0. The molecule has 0 bridgehead atoms. The molecule has 3 atom stereocenters. The number of nitrogens with one attached hydrogen (secondary N) is 1. The molecule has 0 aliphatic carbocycles. The van der Waals surface area contributed by atoms with E-state index in [0.717, 1.165) is 11.1 Å². The molecule has 1 aliphatic heterocycles. The molecule has 3 rings (SSSR count). The minimum atomic E-state index is -0.542. The monoisotopic (exact) mass is 325 g/mol. The number of amides is 1. The van der Waals surface area contributed by atoms with Crippen LogP contribution in [0.25, 0.3) is 0 Å². The second-order valence-corrected chi connectivity index (χ2v) is 6.11. The number of benzene rings is 2. The Hall–Kier alpha value is -2.21. The molecule has 5 heteroatoms. The van der Waals surface area contributed by atoms with E-state index in [1.54, 1.807) is 6.92 Å². The zero-order valence-electron chi connectivity index (χ0n) is 13.8. The second-order valence-electron chi connectivity index (χ2n) is 6.11. The molecule has 1 aliphatic rings. The summed E-state index contributed by atoms with van der Waals surface area (Å²) in [5.74, 6) is -0.171. The van der Waals surface area contributed by atoms with E-state index >= 15 is 0 Å². The molecule has 0 aromatic heterocycles. The number of hydroxylamine groups is 2. The van der Waals surface area contributed by atoms with Crippen molar-refractivity contribution in [3.63, 3.8) is 0 Å². The first-order chi connectivity index (χ1) is 11.6. The standard InChI is InChI=1S/C19H23N3O2/c1-14(20)19(23)21-18-12-17(16-10-6-3-7-11-16)24-22(18)13-15-8-4-2-5-9-15/h2-11,14,17-18H,12-13,20H2,1H3,(H,21,23)/t14-,17+,18-/m0/s1. The maximum absolute atomic E-state index is 12.0. The Morgan fingerprint density at radius 2 is 1.83 bits per heavy atom. The molecule has 126 valence electrons. The third kappa shape index (κ3) is 4.00. The lowest BCUT2D eigenvalue weighted by molar-refractivity contribution is -0.177. The number of carbonyl (C=O) groups excluding carboxylic acids is 1. The van der Waals surface area contributed by atoms with E-state index in [1.165, 1.54) is 0 Å². The lowest BCUT2D eigenvalue weighted by Gasteiger charge is -2.24. The van der Waals surface area contributed by atoms with Gasteiger partial charge in [0.15, 0.2) is 0 Å². The number of carbonyl (C=O) groups is 1. The molecule has 0 spiro atoms. The fraction of sp³-hybridized carbons (Fsp3) is 0.316. The van der Waals surface area contributed by atoms with Gasteiger partial charge in [0, 0.05) is 6.42 Å². The minimum Gasteiger partial charge on any atom is -0.337 e. The van der Waals surface area contributed by atoms with Gasteiger partial charge in [0.05, 0.1) is 12.6 Å². The third-order valence-electron chi connectivity index (χ3n) is 4.12. The summed E-state index contributed by atoms with van der Waals surface area (Å²) in [6.45, 7) is 2.29. The number of hydrogen-bond acceptors (Lipinski definition) is 4. The molecule has 1 fully saturated rings. The Bertz CT molecular complexity index is 661. The van der Waals surface area contributed by atoms with Crippen LogP contribution in [0, 0.1) is 0 Å². The van der Waals surface area contributed by atoms with Crippen molar-refractivity contribution in [1.29, 1.82) is 0 Å². The molecule has 0 unspecified atom stereocenters. The zero-order valence-corrected chi connectivity index (χ0v) is 13.8. The van der Waals surface area contributed by atoms with Gasteiger partial charge in [-0.1, -0.05) is 60.7 Å². The van der Waals surface area contributed by atoms with E-state index < -0.39 is 6.04 Å². The molecule has 1 saturated heterocycles. The maximum atomic E-state index is 12.0. The Morgan fingerprint density at radius 3 is 2.46 bits per heavy atom. The van der Waals surface area contributed by atoms with Crippen LogP contribution in [0.2, 0.25) is 0 Å². The average Bonchev–Trinajstić information content (AvgIpc) is 2.99. The van der Waals surface area contributed by atoms with Gasteiger partial charge in [0.25, 0.3) is 0 Å². The van der Waals surface area contributed by atoms with Gasteiger partial charge in [-0.15, -0.1) is 0 Å². The van der Waals surface area contributed by atoms with E-state index in [-0.39, 0.29) is 18.2 Å². The van der Waals surface area contributed by atoms with Crippen molar-refractivity contribution >= 4 is 5.91 Å². The van der Waals surface area contributed by atoms with Crippen molar-refractivity contribution in [3.05, 3.63) is 71.8 Å². The molecule has 0 saturated carbocycles. The van der Waals surface area contributed by atoms with Crippen molar-refractivity contribution in [2.45, 2.75) is 38.2 Å². The SMILES string of the molecule is C[C@H](N)C(=O)N[C@@H]1C[C@H](c2ccccc2)ON1Cc1ccccc1. The Balaban J connectivity index is 1.76. The van der Waals surface area contributed by atoms with Gasteiger partial charge in [0.1, 0.15) is 12.3 Å². The summed E-state index contributed by atoms with van der Waals surface area (Å²) in [7, 11) is 0. The van der Waals surface area contributed by atoms with Crippen LogP contribution >= 0.6 is 0 Å². The van der Waals surface area contributed by atoms with Crippen LogP contribution in [0.4, 0.5) is 0 Å². The lowest BCUT2D eigenvalue weighted by atomic mass is 10.1. The highest BCUT2D eigenvalue weighted by Gasteiger charge is 2.35. The summed E-state index contributed by atoms with van der Waals surface area (Å²) in [5.41, 5.74) is 7.92. The molecular formula is C19H23N3O2. The average molecular weight is 325 g/mol. The van der Waals surface area contributed by atoms with Gasteiger partial charge in [-0.3, -0.25) is 9.63 Å². The molecular weight excluding hydrogens is 302 g/mol. The predicted octanol–water partition coefficient (Wildman–Crippen LogP) is 2.35. The summed E-state index contributed by atoms with van der Waals surface area (Å²) in [6.07, 6.45) is 0.414. The van der Waals surface area contributed by atoms with Crippen molar-refractivity contribution in [3.8, 4) is 0 Å². The van der Waals surface area contributed by atoms with Gasteiger partial charge in [0.2, 0.25) is 5.91 Å². The molecule has 2 aromatic rings. The quantitative estimate of drug-likeness (QED) is 0.885. The fourth-order valence-corrected chi connectivity index (χ4v) is 2.80. The van der Waals surface area contributed by atoms with Crippen LogP contribution in [0.3, 0.4) is 0 Å². The van der Waals surface area contributed by atoms with E-state index in [0.29, 0.717) is 13.0 Å². The number of nitrogens with two attached hydrogens (primary N) is 1. The molecule has 2 aromatic carbocycles. The van der Waals surface area contributed by atoms with Crippen LogP contribution in [-0.2, 0) is 16.2 Å². The first-order valence-corrected chi connectivity index (χ1v) is 8.21. The number of nitrogens with zero attached hydrogens (tertiary/aromatic N) is 1. The smallest absolute Gasteiger partial charge is 0.237 e. The first-order valence-electron chi connectivity index (χ1n) is 8.21. The van der Waals surface area contributed by atoms with E-state index in [2.05, 4.69) is 5.32 Å². The van der Waals surface area contributed by atoms with Gasteiger partial charge in [-0.25, -0.2) is 0 Å². The van der Waals surface area contributed by atoms with Crippen LogP contribution in [0.1, 0.15) is 30.6 Å². The first kappa shape index (κ1) is 16.6. The Morgan fingerprint density at radius 1 is 1.21 bits per heavy atom. The fourth-order valence-electron chi connectivity index (χ4n) is 2.80. The molecule has 0 radical (unpaired) electrons. The molecule has 5 nitrogen and oxygen atoms in total. The van der Waals surface area contributed by atoms with Crippen molar-refractivity contribution in [1.82, 2.24) is 10.4 Å². The van der Waals surface area contributed by atoms with E-state index in [9.17, 15) is 4.79 Å². The zero-order chi connectivity index (χ0) is 16.9. The highest BCUT2D eigenvalue weighted by atomic mass is 16.7. The summed E-state index contributed by atoms with van der Waals surface area (Å²) in [4.78, 5) is 18.1. The molecule has 3 N–H and O–H groups in total. The summed E-state index contributed by atoms with van der Waals surface area (Å²) in [5, 5.41) is 4.83. The second kappa shape index (κ2) is 7.57. The Kier molecular flexibility index (Phi) is 5.25. The van der Waals surface area contributed by atoms with Crippen LogP contribution in [0.15, 0.2) is 60.7 Å². The number of hydrogen-bond donors (Lipinski definition) is 2. The highest BCUT2D eigenvalue weighted by Crippen LogP contribution is 2.33. The third-order valence-corrected chi connectivity index (χ3v) is 4.12.